The molecule has 2 aliphatic rings. The lowest BCUT2D eigenvalue weighted by atomic mass is 9.98. The summed E-state index contributed by atoms with van der Waals surface area (Å²) in [4.78, 5) is 33.6. The minimum atomic E-state index is -0.253. The number of thiazole rings is 1. The molecule has 0 unspecified atom stereocenters. The first-order valence-corrected chi connectivity index (χ1v) is 11.2. The minimum Gasteiger partial charge on any atom is -0.439 e. The maximum absolute atomic E-state index is 13.0. The first-order valence-electron chi connectivity index (χ1n) is 10.3. The number of piperidine rings is 1. The van der Waals surface area contributed by atoms with Gasteiger partial charge in [0.15, 0.2) is 0 Å². The molecule has 2 aliphatic heterocycles. The van der Waals surface area contributed by atoms with E-state index in [9.17, 15) is 9.59 Å². The fourth-order valence-corrected chi connectivity index (χ4v) is 5.29. The van der Waals surface area contributed by atoms with Gasteiger partial charge in [-0.15, -0.1) is 11.3 Å². The molecular weight excluding hydrogens is 398 g/mol. The third-order valence-corrected chi connectivity index (χ3v) is 6.96. The van der Waals surface area contributed by atoms with E-state index in [4.69, 9.17) is 4.74 Å². The first-order chi connectivity index (χ1) is 14.6. The Hall–Kier alpha value is -2.93. The number of aromatic nitrogens is 1. The summed E-state index contributed by atoms with van der Waals surface area (Å²) in [5.74, 6) is 0.0444. The molecule has 7 heteroatoms. The number of carbonyl (C=O) groups is 2. The molecule has 3 heterocycles. The van der Waals surface area contributed by atoms with Gasteiger partial charge in [0, 0.05) is 24.7 Å². The number of rotatable bonds is 3. The molecule has 2 amide bonds. The van der Waals surface area contributed by atoms with E-state index in [1.54, 1.807) is 16.8 Å². The number of fused-ring (bicyclic) bond motifs is 1. The van der Waals surface area contributed by atoms with Crippen molar-refractivity contribution in [2.75, 3.05) is 13.1 Å². The molecule has 2 atom stereocenters. The third kappa shape index (κ3) is 3.33. The number of hydrogen-bond acceptors (Lipinski definition) is 5. The van der Waals surface area contributed by atoms with Gasteiger partial charge in [-0.05, 0) is 43.5 Å². The molecule has 0 saturated carbocycles. The number of likely N-dealkylation sites (tertiary alicyclic amines) is 1. The maximum Gasteiger partial charge on any atom is 0.411 e. The van der Waals surface area contributed by atoms with Crippen molar-refractivity contribution in [3.63, 3.8) is 0 Å². The lowest BCUT2D eigenvalue weighted by molar-refractivity contribution is 0.0640. The van der Waals surface area contributed by atoms with Crippen molar-refractivity contribution < 1.29 is 14.3 Å². The summed E-state index contributed by atoms with van der Waals surface area (Å²) >= 11 is 1.54. The zero-order valence-corrected chi connectivity index (χ0v) is 17.5. The van der Waals surface area contributed by atoms with Gasteiger partial charge in [0.2, 0.25) is 0 Å². The summed E-state index contributed by atoms with van der Waals surface area (Å²) in [6.07, 6.45) is 1.02. The second kappa shape index (κ2) is 7.72. The molecule has 30 heavy (non-hydrogen) atoms. The summed E-state index contributed by atoms with van der Waals surface area (Å²) in [6.45, 7) is 3.32. The fourth-order valence-electron chi connectivity index (χ4n) is 4.57. The summed E-state index contributed by atoms with van der Waals surface area (Å²) in [5.41, 5.74) is 4.43. The molecule has 2 aromatic carbocycles. The molecule has 0 bridgehead atoms. The Morgan fingerprint density at radius 3 is 2.67 bits per heavy atom. The van der Waals surface area contributed by atoms with Crippen LogP contribution in [0.5, 0.6) is 0 Å². The van der Waals surface area contributed by atoms with E-state index in [1.807, 2.05) is 65.3 Å². The summed E-state index contributed by atoms with van der Waals surface area (Å²) < 4.78 is 6.73. The van der Waals surface area contributed by atoms with Crippen LogP contribution in [0.3, 0.4) is 0 Å². The van der Waals surface area contributed by atoms with Gasteiger partial charge < -0.3 is 9.64 Å². The van der Waals surface area contributed by atoms with Crippen molar-refractivity contribution in [3.05, 3.63) is 65.2 Å². The lowest BCUT2D eigenvalue weighted by Crippen LogP contribution is -2.49. The topological polar surface area (TPSA) is 62.7 Å². The van der Waals surface area contributed by atoms with E-state index < -0.39 is 0 Å². The number of carbonyl (C=O) groups excluding carboxylic acids is 2. The molecule has 3 aromatic rings. The zero-order valence-electron chi connectivity index (χ0n) is 16.7. The Balaban J connectivity index is 1.25. The summed E-state index contributed by atoms with van der Waals surface area (Å²) in [5, 5.41) is 0. The molecule has 154 valence electrons. The summed E-state index contributed by atoms with van der Waals surface area (Å²) in [6, 6.07) is 15.6. The van der Waals surface area contributed by atoms with Crippen LogP contribution in [0.15, 0.2) is 54.0 Å². The van der Waals surface area contributed by atoms with Gasteiger partial charge in [-0.2, -0.15) is 0 Å². The minimum absolute atomic E-state index is 0.0270. The van der Waals surface area contributed by atoms with E-state index in [0.29, 0.717) is 18.7 Å². The SMILES string of the molecule is C[C@H]1[C@@H](c2ccccc2)OC(=O)N1C1CCN(C(=O)c2ccc3ncsc3c2)CC1. The van der Waals surface area contributed by atoms with Crippen molar-refractivity contribution >= 4 is 33.6 Å². The van der Waals surface area contributed by atoms with E-state index >= 15 is 0 Å². The van der Waals surface area contributed by atoms with E-state index in [2.05, 4.69) is 4.98 Å². The molecule has 2 saturated heterocycles. The zero-order chi connectivity index (χ0) is 20.7. The smallest absolute Gasteiger partial charge is 0.411 e. The molecule has 6 nitrogen and oxygen atoms in total. The maximum atomic E-state index is 13.0. The molecule has 0 N–H and O–H groups in total. The van der Waals surface area contributed by atoms with Gasteiger partial charge in [0.1, 0.15) is 6.10 Å². The van der Waals surface area contributed by atoms with Crippen LogP contribution >= 0.6 is 11.3 Å². The Morgan fingerprint density at radius 2 is 1.90 bits per heavy atom. The van der Waals surface area contributed by atoms with Crippen LogP contribution in [0, 0.1) is 0 Å². The van der Waals surface area contributed by atoms with Crippen molar-refractivity contribution in [2.24, 2.45) is 0 Å². The largest absolute Gasteiger partial charge is 0.439 e. The van der Waals surface area contributed by atoms with Crippen LogP contribution in [0.1, 0.15) is 41.8 Å². The number of hydrogen-bond donors (Lipinski definition) is 0. The third-order valence-electron chi connectivity index (χ3n) is 6.17. The monoisotopic (exact) mass is 421 g/mol. The van der Waals surface area contributed by atoms with Crippen molar-refractivity contribution in [2.45, 2.75) is 38.0 Å². The highest BCUT2D eigenvalue weighted by Gasteiger charge is 2.44. The molecule has 5 rings (SSSR count). The standard InChI is InChI=1S/C23H23N3O3S/c1-15-21(16-5-3-2-4-6-16)29-23(28)26(15)18-9-11-25(12-10-18)22(27)17-7-8-19-20(13-17)30-14-24-19/h2-8,13-15,18,21H,9-12H2,1H3/t15-,21-/m0/s1. The molecule has 1 aromatic heterocycles. The van der Waals surface area contributed by atoms with Crippen LogP contribution in [0.2, 0.25) is 0 Å². The Bertz CT molecular complexity index is 1080. The fraction of sp³-hybridized carbons (Fsp3) is 0.348. The van der Waals surface area contributed by atoms with Gasteiger partial charge in [0.25, 0.3) is 5.91 Å². The molecular formula is C23H23N3O3S. The average molecular weight is 422 g/mol. The van der Waals surface area contributed by atoms with E-state index in [1.165, 1.54) is 0 Å². The second-order valence-corrected chi connectivity index (χ2v) is 8.81. The number of nitrogens with zero attached hydrogens (tertiary/aromatic N) is 3. The van der Waals surface area contributed by atoms with Crippen LogP contribution in [-0.2, 0) is 4.74 Å². The summed E-state index contributed by atoms with van der Waals surface area (Å²) in [7, 11) is 0. The average Bonchev–Trinajstić information content (AvgIpc) is 3.37. The van der Waals surface area contributed by atoms with Gasteiger partial charge in [-0.1, -0.05) is 30.3 Å². The van der Waals surface area contributed by atoms with E-state index in [-0.39, 0.29) is 30.2 Å². The van der Waals surface area contributed by atoms with Crippen LogP contribution < -0.4 is 0 Å². The Morgan fingerprint density at radius 1 is 1.13 bits per heavy atom. The highest BCUT2D eigenvalue weighted by molar-refractivity contribution is 7.16. The van der Waals surface area contributed by atoms with Crippen LogP contribution in [0.25, 0.3) is 10.2 Å². The number of benzene rings is 2. The highest BCUT2D eigenvalue weighted by Crippen LogP contribution is 2.36. The van der Waals surface area contributed by atoms with Gasteiger partial charge in [-0.25, -0.2) is 9.78 Å². The van der Waals surface area contributed by atoms with Crippen molar-refractivity contribution in [3.8, 4) is 0 Å². The lowest BCUT2D eigenvalue weighted by Gasteiger charge is -2.37. The predicted octanol–water partition coefficient (Wildman–Crippen LogP) is 4.48. The Labute approximate surface area is 179 Å². The number of cyclic esters (lactones) is 1. The quantitative estimate of drug-likeness (QED) is 0.625. The van der Waals surface area contributed by atoms with Gasteiger partial charge >= 0.3 is 6.09 Å². The molecule has 0 radical (unpaired) electrons. The van der Waals surface area contributed by atoms with Gasteiger partial charge in [-0.3, -0.25) is 9.69 Å². The Kier molecular flexibility index (Phi) is 4.90. The number of amides is 2. The molecule has 2 fully saturated rings. The van der Waals surface area contributed by atoms with Gasteiger partial charge in [0.05, 0.1) is 21.8 Å². The highest BCUT2D eigenvalue weighted by atomic mass is 32.1. The number of ether oxygens (including phenoxy) is 1. The normalized spacial score (nSPS) is 22.5. The van der Waals surface area contributed by atoms with Crippen molar-refractivity contribution in [1.82, 2.24) is 14.8 Å². The van der Waals surface area contributed by atoms with Crippen LogP contribution in [-0.4, -0.2) is 52.0 Å². The second-order valence-electron chi connectivity index (χ2n) is 7.92. The van der Waals surface area contributed by atoms with E-state index in [0.717, 1.165) is 28.6 Å². The first kappa shape index (κ1) is 19.1. The molecule has 0 spiro atoms. The molecule has 0 aliphatic carbocycles. The van der Waals surface area contributed by atoms with Crippen molar-refractivity contribution in [1.29, 1.82) is 0 Å². The predicted molar refractivity (Wildman–Crippen MR) is 116 cm³/mol. The van der Waals surface area contributed by atoms with Crippen LogP contribution in [0.4, 0.5) is 4.79 Å².